The van der Waals surface area contributed by atoms with Gasteiger partial charge in [-0.1, -0.05) is 19.3 Å². The minimum Gasteiger partial charge on any atom is -0.478 e. The zero-order valence-electron chi connectivity index (χ0n) is 13.9. The van der Waals surface area contributed by atoms with E-state index in [-0.39, 0.29) is 17.2 Å². The van der Waals surface area contributed by atoms with Crippen LogP contribution in [0.2, 0.25) is 0 Å². The molecule has 1 saturated carbocycles. The van der Waals surface area contributed by atoms with E-state index in [0.717, 1.165) is 6.54 Å². The first-order chi connectivity index (χ1) is 11.0. The molecule has 2 rings (SSSR count). The van der Waals surface area contributed by atoms with Crippen LogP contribution < -0.4 is 0 Å². The number of carbonyl (C=O) groups is 2. The summed E-state index contributed by atoms with van der Waals surface area (Å²) in [4.78, 5) is 31.0. The third kappa shape index (κ3) is 4.76. The Morgan fingerprint density at radius 1 is 1.17 bits per heavy atom. The van der Waals surface area contributed by atoms with Crippen molar-refractivity contribution in [2.75, 3.05) is 27.2 Å². The number of carboxylic acids is 1. The number of amides is 1. The fourth-order valence-electron chi connectivity index (χ4n) is 2.96. The number of carboxylic acid groups (broad SMARTS) is 1. The smallest absolute Gasteiger partial charge is 0.337 e. The van der Waals surface area contributed by atoms with Crippen molar-refractivity contribution in [2.24, 2.45) is 0 Å². The van der Waals surface area contributed by atoms with Crippen molar-refractivity contribution < 1.29 is 14.7 Å². The van der Waals surface area contributed by atoms with Gasteiger partial charge in [-0.3, -0.25) is 9.78 Å². The predicted octanol–water partition coefficient (Wildman–Crippen LogP) is 2.12. The van der Waals surface area contributed by atoms with Gasteiger partial charge in [-0.2, -0.15) is 0 Å². The van der Waals surface area contributed by atoms with E-state index >= 15 is 0 Å². The van der Waals surface area contributed by atoms with Gasteiger partial charge in [-0.25, -0.2) is 4.79 Å². The molecule has 0 saturated heterocycles. The van der Waals surface area contributed by atoms with Crippen molar-refractivity contribution >= 4 is 11.9 Å². The highest BCUT2D eigenvalue weighted by Crippen LogP contribution is 2.21. The normalized spacial score (nSPS) is 15.6. The lowest BCUT2D eigenvalue weighted by Gasteiger charge is -2.32. The van der Waals surface area contributed by atoms with Crippen molar-refractivity contribution in [3.05, 3.63) is 29.6 Å². The largest absolute Gasteiger partial charge is 0.478 e. The Labute approximate surface area is 137 Å². The van der Waals surface area contributed by atoms with Gasteiger partial charge in [0.15, 0.2) is 0 Å². The van der Waals surface area contributed by atoms with Crippen LogP contribution >= 0.6 is 0 Å². The summed E-state index contributed by atoms with van der Waals surface area (Å²) in [6.07, 6.45) is 7.63. The number of aromatic carboxylic acids is 1. The van der Waals surface area contributed by atoms with Gasteiger partial charge in [0.2, 0.25) is 0 Å². The number of pyridine rings is 1. The lowest BCUT2D eigenvalue weighted by molar-refractivity contribution is 0.0693. The molecule has 6 heteroatoms. The molecule has 23 heavy (non-hydrogen) atoms. The predicted molar refractivity (Wildman–Crippen MR) is 87.7 cm³/mol. The van der Waals surface area contributed by atoms with Crippen LogP contribution in [0.1, 0.15) is 53.0 Å². The third-order valence-electron chi connectivity index (χ3n) is 4.56. The van der Waals surface area contributed by atoms with Crippen LogP contribution in [0.3, 0.4) is 0 Å². The zero-order chi connectivity index (χ0) is 16.8. The molecule has 1 fully saturated rings. The molecule has 1 aromatic rings. The van der Waals surface area contributed by atoms with Gasteiger partial charge in [0.1, 0.15) is 5.69 Å². The van der Waals surface area contributed by atoms with Gasteiger partial charge in [-0.15, -0.1) is 0 Å². The van der Waals surface area contributed by atoms with E-state index in [1.54, 1.807) is 11.9 Å². The molecular formula is C17H25N3O3. The van der Waals surface area contributed by atoms with E-state index in [4.69, 9.17) is 5.11 Å². The maximum Gasteiger partial charge on any atom is 0.337 e. The average molecular weight is 319 g/mol. The fourth-order valence-corrected chi connectivity index (χ4v) is 2.96. The Balaban J connectivity index is 1.85. The van der Waals surface area contributed by atoms with Crippen molar-refractivity contribution in [2.45, 2.75) is 38.1 Å². The first-order valence-electron chi connectivity index (χ1n) is 8.14. The van der Waals surface area contributed by atoms with Gasteiger partial charge in [0.05, 0.1) is 5.56 Å². The van der Waals surface area contributed by atoms with E-state index < -0.39 is 5.97 Å². The van der Waals surface area contributed by atoms with Crippen LogP contribution in [0.25, 0.3) is 0 Å². The van der Waals surface area contributed by atoms with E-state index in [2.05, 4.69) is 16.9 Å². The van der Waals surface area contributed by atoms with Crippen LogP contribution in [0, 0.1) is 0 Å². The molecule has 1 N–H and O–H groups in total. The summed E-state index contributed by atoms with van der Waals surface area (Å²) in [5, 5.41) is 8.85. The molecule has 0 radical (unpaired) electrons. The first-order valence-corrected chi connectivity index (χ1v) is 8.14. The van der Waals surface area contributed by atoms with E-state index in [9.17, 15) is 9.59 Å². The molecule has 6 nitrogen and oxygen atoms in total. The Morgan fingerprint density at radius 3 is 2.43 bits per heavy atom. The molecule has 1 aliphatic carbocycles. The Bertz CT molecular complexity index is 539. The van der Waals surface area contributed by atoms with Gasteiger partial charge < -0.3 is 14.9 Å². The molecule has 0 atom stereocenters. The average Bonchev–Trinajstić information content (AvgIpc) is 2.59. The Hall–Kier alpha value is -1.95. The maximum absolute atomic E-state index is 12.3. The third-order valence-corrected chi connectivity index (χ3v) is 4.56. The number of rotatable bonds is 6. The summed E-state index contributed by atoms with van der Waals surface area (Å²) in [6, 6.07) is 3.50. The molecule has 0 bridgehead atoms. The van der Waals surface area contributed by atoms with Crippen LogP contribution in [-0.2, 0) is 0 Å². The van der Waals surface area contributed by atoms with E-state index in [0.29, 0.717) is 12.6 Å². The number of likely N-dealkylation sites (N-methyl/N-ethyl adjacent to an activating group) is 2. The lowest BCUT2D eigenvalue weighted by atomic mass is 9.94. The summed E-state index contributed by atoms with van der Waals surface area (Å²) < 4.78 is 0. The Morgan fingerprint density at radius 2 is 1.87 bits per heavy atom. The molecule has 0 unspecified atom stereocenters. The number of hydrogen-bond acceptors (Lipinski definition) is 4. The molecule has 1 aromatic heterocycles. The van der Waals surface area contributed by atoms with E-state index in [1.807, 2.05) is 0 Å². The van der Waals surface area contributed by atoms with Gasteiger partial charge in [0, 0.05) is 32.4 Å². The summed E-state index contributed by atoms with van der Waals surface area (Å²) in [6.45, 7) is 1.47. The minimum atomic E-state index is -1.04. The van der Waals surface area contributed by atoms with Crippen LogP contribution in [0.5, 0.6) is 0 Å². The molecule has 1 heterocycles. The fraction of sp³-hybridized carbons (Fsp3) is 0.588. The van der Waals surface area contributed by atoms with E-state index in [1.165, 1.54) is 50.4 Å². The topological polar surface area (TPSA) is 73.7 Å². The molecule has 126 valence electrons. The molecular weight excluding hydrogens is 294 g/mol. The summed E-state index contributed by atoms with van der Waals surface area (Å²) >= 11 is 0. The van der Waals surface area contributed by atoms with Gasteiger partial charge in [0.25, 0.3) is 5.91 Å². The van der Waals surface area contributed by atoms with Crippen molar-refractivity contribution in [1.82, 2.24) is 14.8 Å². The standard InChI is InChI=1S/C17H25N3O3/c1-19(14-6-4-3-5-7-14)10-11-20(2)16(21)15-9-8-13(12-18-15)17(22)23/h8-9,12,14H,3-7,10-11H2,1-2H3,(H,22,23). The highest BCUT2D eigenvalue weighted by molar-refractivity contribution is 5.93. The molecule has 0 aliphatic heterocycles. The Kier molecular flexibility index (Phi) is 6.10. The van der Waals surface area contributed by atoms with Crippen LogP contribution in [0.15, 0.2) is 18.3 Å². The highest BCUT2D eigenvalue weighted by atomic mass is 16.4. The maximum atomic E-state index is 12.3. The number of aromatic nitrogens is 1. The molecule has 0 spiro atoms. The summed E-state index contributed by atoms with van der Waals surface area (Å²) in [5.74, 6) is -1.22. The number of hydrogen-bond donors (Lipinski definition) is 1. The van der Waals surface area contributed by atoms with Crippen LogP contribution in [0.4, 0.5) is 0 Å². The van der Waals surface area contributed by atoms with Crippen molar-refractivity contribution in [3.8, 4) is 0 Å². The van der Waals surface area contributed by atoms with Gasteiger partial charge >= 0.3 is 5.97 Å². The summed E-state index contributed by atoms with van der Waals surface area (Å²) in [5.41, 5.74) is 0.360. The summed E-state index contributed by atoms with van der Waals surface area (Å²) in [7, 11) is 3.87. The number of nitrogens with zero attached hydrogens (tertiary/aromatic N) is 3. The second kappa shape index (κ2) is 8.06. The highest BCUT2D eigenvalue weighted by Gasteiger charge is 2.19. The monoisotopic (exact) mass is 319 g/mol. The minimum absolute atomic E-state index is 0.0845. The second-order valence-electron chi connectivity index (χ2n) is 6.24. The molecule has 1 aliphatic rings. The molecule has 0 aromatic carbocycles. The molecule has 1 amide bonds. The SMILES string of the molecule is CN(CCN(C)C1CCCCC1)C(=O)c1ccc(C(=O)O)cn1. The van der Waals surface area contributed by atoms with Gasteiger partial charge in [-0.05, 0) is 32.0 Å². The first kappa shape index (κ1) is 17.4. The second-order valence-corrected chi connectivity index (χ2v) is 6.24. The number of carbonyl (C=O) groups excluding carboxylic acids is 1. The zero-order valence-corrected chi connectivity index (χ0v) is 13.9. The van der Waals surface area contributed by atoms with Crippen molar-refractivity contribution in [1.29, 1.82) is 0 Å². The van der Waals surface area contributed by atoms with Crippen LogP contribution in [-0.4, -0.2) is 65.0 Å². The van der Waals surface area contributed by atoms with Crippen molar-refractivity contribution in [3.63, 3.8) is 0 Å². The lowest BCUT2D eigenvalue weighted by Crippen LogP contribution is -2.40. The quantitative estimate of drug-likeness (QED) is 0.869.